The zero-order valence-corrected chi connectivity index (χ0v) is 15.0. The summed E-state index contributed by atoms with van der Waals surface area (Å²) in [6.45, 7) is 8.18. The van der Waals surface area contributed by atoms with Crippen LogP contribution in [-0.4, -0.2) is 26.2 Å². The molecular weight excluding hydrogens is 308 g/mol. The summed E-state index contributed by atoms with van der Waals surface area (Å²) in [7, 11) is 0. The van der Waals surface area contributed by atoms with Gasteiger partial charge in [0.2, 0.25) is 0 Å². The van der Waals surface area contributed by atoms with Crippen LogP contribution in [0.4, 0.5) is 0 Å². The molecule has 0 bridgehead atoms. The lowest BCUT2D eigenvalue weighted by Gasteiger charge is -2.25. The molecule has 0 amide bonds. The molecule has 0 N–H and O–H groups in total. The van der Waals surface area contributed by atoms with Crippen molar-refractivity contribution in [1.29, 1.82) is 0 Å². The second-order valence-electron chi connectivity index (χ2n) is 6.86. The molecule has 25 heavy (non-hydrogen) atoms. The van der Waals surface area contributed by atoms with Crippen molar-refractivity contribution >= 4 is 0 Å². The van der Waals surface area contributed by atoms with E-state index in [-0.39, 0.29) is 0 Å². The molecule has 0 aliphatic rings. The van der Waals surface area contributed by atoms with E-state index in [9.17, 15) is 0 Å². The van der Waals surface area contributed by atoms with Gasteiger partial charge in [-0.2, -0.15) is 5.10 Å². The largest absolute Gasteiger partial charge is 0.293 e. The van der Waals surface area contributed by atoms with E-state index < -0.39 is 0 Å². The lowest BCUT2D eigenvalue weighted by molar-refractivity contribution is 0.224. The Balaban J connectivity index is 1.76. The molecule has 4 nitrogen and oxygen atoms in total. The SMILES string of the molecule is CC(C)CN(Cc1ccccn1)Cc1ccccc1Cn1cccn1. The zero-order valence-electron chi connectivity index (χ0n) is 15.0. The average molecular weight is 334 g/mol. The van der Waals surface area contributed by atoms with Gasteiger partial charge in [0.1, 0.15) is 0 Å². The van der Waals surface area contributed by atoms with Crippen LogP contribution in [0.5, 0.6) is 0 Å². The van der Waals surface area contributed by atoms with Gasteiger partial charge in [-0.3, -0.25) is 14.6 Å². The van der Waals surface area contributed by atoms with Crippen molar-refractivity contribution < 1.29 is 0 Å². The quantitative estimate of drug-likeness (QED) is 0.625. The van der Waals surface area contributed by atoms with Crippen molar-refractivity contribution in [3.05, 3.63) is 83.9 Å². The minimum Gasteiger partial charge on any atom is -0.293 e. The summed E-state index contributed by atoms with van der Waals surface area (Å²) in [5.74, 6) is 0.613. The molecule has 2 heterocycles. The van der Waals surface area contributed by atoms with Crippen molar-refractivity contribution in [2.24, 2.45) is 5.92 Å². The summed E-state index contributed by atoms with van der Waals surface area (Å²) in [5, 5.41) is 4.34. The van der Waals surface area contributed by atoms with Gasteiger partial charge in [0.05, 0.1) is 12.2 Å². The Morgan fingerprint density at radius 2 is 1.72 bits per heavy atom. The second-order valence-corrected chi connectivity index (χ2v) is 6.86. The summed E-state index contributed by atoms with van der Waals surface area (Å²) in [5.41, 5.74) is 3.79. The molecule has 130 valence electrons. The highest BCUT2D eigenvalue weighted by Crippen LogP contribution is 2.16. The number of rotatable bonds is 8. The highest BCUT2D eigenvalue weighted by molar-refractivity contribution is 5.27. The summed E-state index contributed by atoms with van der Waals surface area (Å²) in [4.78, 5) is 6.98. The van der Waals surface area contributed by atoms with E-state index in [1.54, 1.807) is 0 Å². The average Bonchev–Trinajstić information content (AvgIpc) is 3.10. The maximum atomic E-state index is 4.49. The normalized spacial score (nSPS) is 11.4. The van der Waals surface area contributed by atoms with E-state index in [0.717, 1.165) is 31.9 Å². The Morgan fingerprint density at radius 3 is 2.40 bits per heavy atom. The highest BCUT2D eigenvalue weighted by Gasteiger charge is 2.12. The molecular formula is C21H26N4. The molecule has 0 unspecified atom stereocenters. The summed E-state index contributed by atoms with van der Waals surface area (Å²) in [6, 6.07) is 16.7. The third-order valence-electron chi connectivity index (χ3n) is 4.14. The maximum Gasteiger partial charge on any atom is 0.0662 e. The van der Waals surface area contributed by atoms with Gasteiger partial charge in [-0.15, -0.1) is 0 Å². The van der Waals surface area contributed by atoms with Gasteiger partial charge in [0.25, 0.3) is 0 Å². The molecule has 0 saturated heterocycles. The molecule has 0 fully saturated rings. The van der Waals surface area contributed by atoms with Crippen molar-refractivity contribution in [2.75, 3.05) is 6.54 Å². The van der Waals surface area contributed by atoms with E-state index in [0.29, 0.717) is 5.92 Å². The lowest BCUT2D eigenvalue weighted by atomic mass is 10.1. The zero-order chi connectivity index (χ0) is 17.5. The highest BCUT2D eigenvalue weighted by atomic mass is 15.3. The van der Waals surface area contributed by atoms with E-state index in [2.05, 4.69) is 65.2 Å². The monoisotopic (exact) mass is 334 g/mol. The van der Waals surface area contributed by atoms with E-state index in [4.69, 9.17) is 0 Å². The smallest absolute Gasteiger partial charge is 0.0662 e. The molecule has 0 aliphatic heterocycles. The summed E-state index contributed by atoms with van der Waals surface area (Å²) < 4.78 is 1.98. The second kappa shape index (κ2) is 8.58. The minimum absolute atomic E-state index is 0.613. The number of aromatic nitrogens is 3. The molecule has 3 rings (SSSR count). The van der Waals surface area contributed by atoms with E-state index in [1.807, 2.05) is 35.4 Å². The first kappa shape index (κ1) is 17.4. The topological polar surface area (TPSA) is 34.0 Å². The van der Waals surface area contributed by atoms with Crippen molar-refractivity contribution in [3.8, 4) is 0 Å². The van der Waals surface area contributed by atoms with Gasteiger partial charge in [-0.1, -0.05) is 44.2 Å². The molecule has 2 aromatic heterocycles. The van der Waals surface area contributed by atoms with Gasteiger partial charge in [-0.05, 0) is 35.2 Å². The van der Waals surface area contributed by atoms with Crippen molar-refractivity contribution in [1.82, 2.24) is 19.7 Å². The standard InChI is InChI=1S/C21H26N4/c1-18(2)14-24(17-21-10-5-6-11-22-21)15-19-8-3-4-9-20(19)16-25-13-7-12-23-25/h3-13,18H,14-17H2,1-2H3. The summed E-state index contributed by atoms with van der Waals surface area (Å²) in [6.07, 6.45) is 5.71. The Morgan fingerprint density at radius 1 is 0.920 bits per heavy atom. The first-order chi connectivity index (χ1) is 12.2. The van der Waals surface area contributed by atoms with Crippen LogP contribution in [-0.2, 0) is 19.6 Å². The van der Waals surface area contributed by atoms with Crippen molar-refractivity contribution in [3.63, 3.8) is 0 Å². The predicted octanol–water partition coefficient (Wildman–Crippen LogP) is 3.98. The molecule has 0 spiro atoms. The maximum absolute atomic E-state index is 4.49. The lowest BCUT2D eigenvalue weighted by Crippen LogP contribution is -2.28. The fraction of sp³-hybridized carbons (Fsp3) is 0.333. The molecule has 0 saturated carbocycles. The van der Waals surface area contributed by atoms with Crippen LogP contribution >= 0.6 is 0 Å². The van der Waals surface area contributed by atoms with Crippen LogP contribution in [0.25, 0.3) is 0 Å². The van der Waals surface area contributed by atoms with E-state index in [1.165, 1.54) is 11.1 Å². The Hall–Kier alpha value is -2.46. The number of hydrogen-bond acceptors (Lipinski definition) is 3. The fourth-order valence-electron chi connectivity index (χ4n) is 3.10. The fourth-order valence-corrected chi connectivity index (χ4v) is 3.10. The van der Waals surface area contributed by atoms with E-state index >= 15 is 0 Å². The molecule has 0 aliphatic carbocycles. The molecule has 1 aromatic carbocycles. The van der Waals surface area contributed by atoms with Crippen LogP contribution in [0, 0.1) is 5.92 Å². The van der Waals surface area contributed by atoms with Crippen molar-refractivity contribution in [2.45, 2.75) is 33.5 Å². The number of nitrogens with zero attached hydrogens (tertiary/aromatic N) is 4. The third kappa shape index (κ3) is 5.26. The van der Waals surface area contributed by atoms with Gasteiger partial charge in [-0.25, -0.2) is 0 Å². The first-order valence-electron chi connectivity index (χ1n) is 8.87. The molecule has 4 heteroatoms. The predicted molar refractivity (Wildman–Crippen MR) is 101 cm³/mol. The van der Waals surface area contributed by atoms with Crippen LogP contribution in [0.3, 0.4) is 0 Å². The molecule has 3 aromatic rings. The molecule has 0 atom stereocenters. The van der Waals surface area contributed by atoms with Crippen LogP contribution in [0.1, 0.15) is 30.7 Å². The number of benzene rings is 1. The minimum atomic E-state index is 0.613. The Labute approximate surface area is 150 Å². The Kier molecular flexibility index (Phi) is 5.96. The van der Waals surface area contributed by atoms with Gasteiger partial charge >= 0.3 is 0 Å². The third-order valence-corrected chi connectivity index (χ3v) is 4.14. The van der Waals surface area contributed by atoms with Crippen LogP contribution in [0.15, 0.2) is 67.1 Å². The van der Waals surface area contributed by atoms with Crippen LogP contribution < -0.4 is 0 Å². The first-order valence-corrected chi connectivity index (χ1v) is 8.87. The number of pyridine rings is 1. The Bertz CT molecular complexity index is 751. The van der Waals surface area contributed by atoms with Gasteiger partial charge in [0, 0.05) is 38.2 Å². The number of hydrogen-bond donors (Lipinski definition) is 0. The van der Waals surface area contributed by atoms with Gasteiger partial charge in [0.15, 0.2) is 0 Å². The molecule has 0 radical (unpaired) electrons. The van der Waals surface area contributed by atoms with Gasteiger partial charge < -0.3 is 0 Å². The van der Waals surface area contributed by atoms with Crippen LogP contribution in [0.2, 0.25) is 0 Å². The summed E-state index contributed by atoms with van der Waals surface area (Å²) >= 11 is 0.